The molecule has 0 unspecified atom stereocenters. The Morgan fingerprint density at radius 1 is 1.50 bits per heavy atom. The average Bonchev–Trinajstić information content (AvgIpc) is 2.52. The van der Waals surface area contributed by atoms with Gasteiger partial charge in [-0.05, 0) is 12.8 Å². The van der Waals surface area contributed by atoms with E-state index in [0.29, 0.717) is 13.0 Å². The topological polar surface area (TPSA) is 60.9 Å². The van der Waals surface area contributed by atoms with Gasteiger partial charge in [0.25, 0.3) is 0 Å². The Balaban J connectivity index is 2.51. The van der Waals surface area contributed by atoms with E-state index in [1.54, 1.807) is 14.1 Å². The minimum Gasteiger partial charge on any atom is -0.465 e. The normalized spacial score (nSPS) is 21.0. The monoisotopic (exact) mass is 200 g/mol. The van der Waals surface area contributed by atoms with Crippen LogP contribution in [-0.2, 0) is 4.79 Å². The fourth-order valence-corrected chi connectivity index (χ4v) is 1.68. The Morgan fingerprint density at radius 2 is 2.14 bits per heavy atom. The van der Waals surface area contributed by atoms with Gasteiger partial charge in [0.05, 0.1) is 0 Å². The first-order valence-electron chi connectivity index (χ1n) is 4.72. The molecule has 2 amide bonds. The number of hydrogen-bond acceptors (Lipinski definition) is 2. The molecule has 1 fully saturated rings. The second kappa shape index (κ2) is 4.30. The third-order valence-electron chi connectivity index (χ3n) is 2.53. The summed E-state index contributed by atoms with van der Waals surface area (Å²) in [7, 11) is 3.37. The third kappa shape index (κ3) is 2.37. The van der Waals surface area contributed by atoms with Gasteiger partial charge >= 0.3 is 6.09 Å². The van der Waals surface area contributed by atoms with Gasteiger partial charge in [-0.25, -0.2) is 4.79 Å². The first-order valence-corrected chi connectivity index (χ1v) is 4.72. The van der Waals surface area contributed by atoms with Gasteiger partial charge in [-0.15, -0.1) is 0 Å². The Kier molecular flexibility index (Phi) is 3.33. The van der Waals surface area contributed by atoms with Gasteiger partial charge in [0.15, 0.2) is 0 Å². The molecule has 0 radical (unpaired) electrons. The fraction of sp³-hybridized carbons (Fsp3) is 0.778. The van der Waals surface area contributed by atoms with Crippen molar-refractivity contribution in [2.45, 2.75) is 25.3 Å². The zero-order valence-electron chi connectivity index (χ0n) is 8.56. The highest BCUT2D eigenvalue weighted by atomic mass is 16.4. The Morgan fingerprint density at radius 3 is 2.64 bits per heavy atom. The summed E-state index contributed by atoms with van der Waals surface area (Å²) in [5, 5.41) is 8.84. The Bertz CT molecular complexity index is 240. The minimum atomic E-state index is -0.918. The summed E-state index contributed by atoms with van der Waals surface area (Å²) in [5.41, 5.74) is 0. The van der Waals surface area contributed by atoms with E-state index in [9.17, 15) is 9.59 Å². The van der Waals surface area contributed by atoms with Crippen LogP contribution in [0.3, 0.4) is 0 Å². The molecule has 1 aliphatic rings. The van der Waals surface area contributed by atoms with E-state index in [1.807, 2.05) is 0 Å². The molecule has 0 saturated carbocycles. The first kappa shape index (κ1) is 10.8. The van der Waals surface area contributed by atoms with E-state index in [0.717, 1.165) is 12.8 Å². The van der Waals surface area contributed by atoms with E-state index < -0.39 is 6.09 Å². The molecule has 1 atom stereocenters. The first-order chi connectivity index (χ1) is 6.52. The molecule has 5 nitrogen and oxygen atoms in total. The van der Waals surface area contributed by atoms with Gasteiger partial charge in [-0.2, -0.15) is 0 Å². The molecule has 1 aliphatic heterocycles. The summed E-state index contributed by atoms with van der Waals surface area (Å²) in [6.45, 7) is 0.556. The lowest BCUT2D eigenvalue weighted by Crippen LogP contribution is -2.38. The number of nitrogens with zero attached hydrogens (tertiary/aromatic N) is 2. The van der Waals surface area contributed by atoms with Gasteiger partial charge in [-0.1, -0.05) is 0 Å². The second-order valence-electron chi connectivity index (χ2n) is 3.76. The van der Waals surface area contributed by atoms with Crippen LogP contribution in [0.2, 0.25) is 0 Å². The summed E-state index contributed by atoms with van der Waals surface area (Å²) >= 11 is 0. The van der Waals surface area contributed by atoms with Crippen molar-refractivity contribution in [3.63, 3.8) is 0 Å². The quantitative estimate of drug-likeness (QED) is 0.710. The van der Waals surface area contributed by atoms with Gasteiger partial charge in [0.2, 0.25) is 5.91 Å². The van der Waals surface area contributed by atoms with Crippen molar-refractivity contribution in [1.82, 2.24) is 9.80 Å². The molecule has 5 heteroatoms. The zero-order valence-corrected chi connectivity index (χ0v) is 8.56. The maximum atomic E-state index is 11.4. The maximum absolute atomic E-state index is 11.4. The van der Waals surface area contributed by atoms with Crippen LogP contribution in [-0.4, -0.2) is 53.6 Å². The van der Waals surface area contributed by atoms with E-state index in [4.69, 9.17) is 5.11 Å². The molecule has 0 aliphatic carbocycles. The highest BCUT2D eigenvalue weighted by Crippen LogP contribution is 2.20. The van der Waals surface area contributed by atoms with E-state index in [-0.39, 0.29) is 11.9 Å². The van der Waals surface area contributed by atoms with Crippen LogP contribution in [0.1, 0.15) is 19.3 Å². The maximum Gasteiger partial charge on any atom is 0.407 e. The van der Waals surface area contributed by atoms with E-state index >= 15 is 0 Å². The fourth-order valence-electron chi connectivity index (χ4n) is 1.68. The molecule has 80 valence electrons. The lowest BCUT2D eigenvalue weighted by Gasteiger charge is -2.22. The van der Waals surface area contributed by atoms with Crippen LogP contribution in [0.15, 0.2) is 0 Å². The largest absolute Gasteiger partial charge is 0.465 e. The summed E-state index contributed by atoms with van der Waals surface area (Å²) in [5.74, 6) is -0.0110. The van der Waals surface area contributed by atoms with Gasteiger partial charge < -0.3 is 14.9 Å². The van der Waals surface area contributed by atoms with E-state index in [2.05, 4.69) is 0 Å². The van der Waals surface area contributed by atoms with Crippen LogP contribution < -0.4 is 0 Å². The number of carboxylic acid groups (broad SMARTS) is 1. The highest BCUT2D eigenvalue weighted by molar-refractivity contribution is 5.77. The molecule has 1 N–H and O–H groups in total. The van der Waals surface area contributed by atoms with Crippen molar-refractivity contribution in [3.8, 4) is 0 Å². The minimum absolute atomic E-state index is 0.0110. The van der Waals surface area contributed by atoms with E-state index in [1.165, 1.54) is 9.80 Å². The smallest absolute Gasteiger partial charge is 0.407 e. The molecular weight excluding hydrogens is 184 g/mol. The summed E-state index contributed by atoms with van der Waals surface area (Å²) < 4.78 is 0. The zero-order chi connectivity index (χ0) is 10.7. The van der Waals surface area contributed by atoms with Crippen molar-refractivity contribution in [2.24, 2.45) is 0 Å². The van der Waals surface area contributed by atoms with Crippen LogP contribution >= 0.6 is 0 Å². The van der Waals surface area contributed by atoms with Gasteiger partial charge in [-0.3, -0.25) is 4.79 Å². The number of hydrogen-bond donors (Lipinski definition) is 1. The molecule has 1 rings (SSSR count). The summed E-state index contributed by atoms with van der Waals surface area (Å²) in [4.78, 5) is 25.0. The summed E-state index contributed by atoms with van der Waals surface area (Å²) in [6.07, 6.45) is 1.04. The number of carbonyl (C=O) groups excluding carboxylic acids is 1. The third-order valence-corrected chi connectivity index (χ3v) is 2.53. The van der Waals surface area contributed by atoms with Gasteiger partial charge in [0.1, 0.15) is 0 Å². The molecule has 1 heterocycles. The van der Waals surface area contributed by atoms with Crippen LogP contribution in [0.5, 0.6) is 0 Å². The average molecular weight is 200 g/mol. The molecular formula is C9H16N2O3. The summed E-state index contributed by atoms with van der Waals surface area (Å²) in [6, 6.07) is -0.123. The number of carbonyl (C=O) groups is 2. The molecule has 14 heavy (non-hydrogen) atoms. The predicted molar refractivity (Wildman–Crippen MR) is 51.1 cm³/mol. The molecule has 0 aromatic carbocycles. The molecule has 1 saturated heterocycles. The molecule has 0 aromatic rings. The Labute approximate surface area is 83.3 Å². The number of likely N-dealkylation sites (tertiary alicyclic amines) is 1. The van der Waals surface area contributed by atoms with Crippen LogP contribution in [0.25, 0.3) is 0 Å². The molecule has 0 aromatic heterocycles. The van der Waals surface area contributed by atoms with Crippen molar-refractivity contribution in [1.29, 1.82) is 0 Å². The van der Waals surface area contributed by atoms with Crippen molar-refractivity contribution in [3.05, 3.63) is 0 Å². The molecule has 0 bridgehead atoms. The van der Waals surface area contributed by atoms with Crippen molar-refractivity contribution >= 4 is 12.0 Å². The van der Waals surface area contributed by atoms with Crippen LogP contribution in [0, 0.1) is 0 Å². The van der Waals surface area contributed by atoms with Crippen molar-refractivity contribution in [2.75, 3.05) is 20.6 Å². The lowest BCUT2D eigenvalue weighted by molar-refractivity contribution is -0.129. The predicted octanol–water partition coefficient (Wildman–Crippen LogP) is 0.607. The van der Waals surface area contributed by atoms with Crippen molar-refractivity contribution < 1.29 is 14.7 Å². The number of amides is 2. The lowest BCUT2D eigenvalue weighted by atomic mass is 10.1. The van der Waals surface area contributed by atoms with Crippen LogP contribution in [0.4, 0.5) is 4.79 Å². The van der Waals surface area contributed by atoms with Gasteiger partial charge in [0, 0.05) is 33.1 Å². The highest BCUT2D eigenvalue weighted by Gasteiger charge is 2.30. The second-order valence-corrected chi connectivity index (χ2v) is 3.76. The number of rotatable bonds is 2. The Hall–Kier alpha value is -1.26. The standard InChI is InChI=1S/C9H16N2O3/c1-10(2)8(12)6-7-4-3-5-11(7)9(13)14/h7H,3-6H2,1-2H3,(H,13,14)/t7-/m0/s1. The molecule has 0 spiro atoms. The SMILES string of the molecule is CN(C)C(=O)C[C@@H]1CCCN1C(=O)O.